The molecule has 10 heteroatoms. The Morgan fingerprint density at radius 1 is 1.30 bits per heavy atom. The van der Waals surface area contributed by atoms with Crippen LogP contribution in [-0.4, -0.2) is 51.1 Å². The number of morpholine rings is 1. The summed E-state index contributed by atoms with van der Waals surface area (Å²) in [6, 6.07) is 4.26. The van der Waals surface area contributed by atoms with Crippen LogP contribution in [0.5, 0.6) is 5.88 Å². The van der Waals surface area contributed by atoms with E-state index in [1.807, 2.05) is 13.8 Å². The summed E-state index contributed by atoms with van der Waals surface area (Å²) in [6.07, 6.45) is 0.374. The molecule has 3 atom stereocenters. The normalized spacial score (nSPS) is 19.5. The van der Waals surface area contributed by atoms with Crippen molar-refractivity contribution >= 4 is 28.4 Å². The molecule has 0 aliphatic carbocycles. The molecular formula is C23H24ClFN4O4. The summed E-state index contributed by atoms with van der Waals surface area (Å²) in [7, 11) is 0. The number of aromatic amines is 1. The van der Waals surface area contributed by atoms with Crippen molar-refractivity contribution in [3.05, 3.63) is 62.5 Å². The van der Waals surface area contributed by atoms with E-state index in [0.29, 0.717) is 40.4 Å². The van der Waals surface area contributed by atoms with Crippen LogP contribution >= 0.6 is 11.6 Å². The molecule has 33 heavy (non-hydrogen) atoms. The highest BCUT2D eigenvalue weighted by atomic mass is 35.5. The molecule has 1 N–H and O–H groups in total. The van der Waals surface area contributed by atoms with Gasteiger partial charge in [-0.1, -0.05) is 11.6 Å². The van der Waals surface area contributed by atoms with E-state index in [1.165, 1.54) is 6.20 Å². The molecule has 0 bridgehead atoms. The first-order valence-electron chi connectivity index (χ1n) is 10.6. The number of fused-ring (bicyclic) bond motifs is 1. The lowest BCUT2D eigenvalue weighted by Crippen LogP contribution is -2.48. The van der Waals surface area contributed by atoms with Crippen molar-refractivity contribution in [1.29, 1.82) is 0 Å². The fourth-order valence-corrected chi connectivity index (χ4v) is 4.30. The average Bonchev–Trinajstić information content (AvgIpc) is 2.73. The number of nitrogens with one attached hydrogen (secondary N) is 1. The van der Waals surface area contributed by atoms with Crippen molar-refractivity contribution in [3.63, 3.8) is 0 Å². The Labute approximate surface area is 194 Å². The van der Waals surface area contributed by atoms with E-state index in [-0.39, 0.29) is 35.1 Å². The molecular weight excluding hydrogens is 451 g/mol. The average molecular weight is 475 g/mol. The highest BCUT2D eigenvalue weighted by Gasteiger charge is 2.27. The molecule has 3 heterocycles. The predicted octanol–water partition coefficient (Wildman–Crippen LogP) is 3.81. The van der Waals surface area contributed by atoms with Crippen LogP contribution in [0.15, 0.2) is 29.2 Å². The summed E-state index contributed by atoms with van der Waals surface area (Å²) >= 11 is 6.38. The van der Waals surface area contributed by atoms with Crippen LogP contribution in [0.4, 0.5) is 4.39 Å². The van der Waals surface area contributed by atoms with Crippen LogP contribution in [-0.2, 0) is 4.74 Å². The number of rotatable bonds is 4. The van der Waals surface area contributed by atoms with E-state index in [9.17, 15) is 14.0 Å². The molecule has 1 aromatic carbocycles. The van der Waals surface area contributed by atoms with E-state index >= 15 is 0 Å². The number of hydrogen-bond donors (Lipinski definition) is 1. The van der Waals surface area contributed by atoms with Crippen LogP contribution in [0.1, 0.15) is 48.6 Å². The number of halogens is 2. The van der Waals surface area contributed by atoms with Gasteiger partial charge < -0.3 is 19.4 Å². The van der Waals surface area contributed by atoms with Gasteiger partial charge in [0.15, 0.2) is 5.82 Å². The number of hydrogen-bond acceptors (Lipinski definition) is 6. The van der Waals surface area contributed by atoms with Gasteiger partial charge in [0, 0.05) is 29.9 Å². The van der Waals surface area contributed by atoms with E-state index < -0.39 is 11.9 Å². The molecule has 3 aromatic rings. The molecule has 0 saturated carbocycles. The van der Waals surface area contributed by atoms with Gasteiger partial charge in [-0.05, 0) is 45.9 Å². The Bertz CT molecular complexity index is 1270. The van der Waals surface area contributed by atoms with Gasteiger partial charge in [-0.2, -0.15) is 0 Å². The van der Waals surface area contributed by atoms with E-state index in [0.717, 1.165) is 6.07 Å². The lowest BCUT2D eigenvalue weighted by molar-refractivity contribution is -0.0586. The van der Waals surface area contributed by atoms with Crippen LogP contribution < -0.4 is 10.3 Å². The molecule has 1 unspecified atom stereocenters. The second-order valence-corrected chi connectivity index (χ2v) is 8.69. The quantitative estimate of drug-likeness (QED) is 0.617. The van der Waals surface area contributed by atoms with Crippen LogP contribution in [0.25, 0.3) is 10.9 Å². The number of carbonyl (C=O) groups is 1. The number of benzene rings is 1. The van der Waals surface area contributed by atoms with Crippen LogP contribution in [0.2, 0.25) is 5.02 Å². The summed E-state index contributed by atoms with van der Waals surface area (Å²) in [5.41, 5.74) is 0.765. The highest BCUT2D eigenvalue weighted by molar-refractivity contribution is 6.32. The van der Waals surface area contributed by atoms with Crippen molar-refractivity contribution in [1.82, 2.24) is 19.9 Å². The third-order valence-electron chi connectivity index (χ3n) is 5.43. The number of aromatic nitrogens is 3. The lowest BCUT2D eigenvalue weighted by Gasteiger charge is -2.35. The Balaban J connectivity index is 1.55. The van der Waals surface area contributed by atoms with Crippen molar-refractivity contribution in [3.8, 4) is 5.88 Å². The first-order chi connectivity index (χ1) is 15.6. The van der Waals surface area contributed by atoms with Gasteiger partial charge in [0.05, 0.1) is 28.7 Å². The van der Waals surface area contributed by atoms with Crippen molar-refractivity contribution in [2.45, 2.75) is 46.0 Å². The Kier molecular flexibility index (Phi) is 6.36. The number of ether oxygens (including phenoxy) is 2. The Morgan fingerprint density at radius 2 is 2.00 bits per heavy atom. The molecule has 4 rings (SSSR count). The maximum absolute atomic E-state index is 14.8. The minimum atomic E-state index is -0.769. The number of amides is 1. The highest BCUT2D eigenvalue weighted by Crippen LogP contribution is 2.30. The van der Waals surface area contributed by atoms with Crippen molar-refractivity contribution in [2.75, 3.05) is 13.1 Å². The van der Waals surface area contributed by atoms with Gasteiger partial charge in [0.25, 0.3) is 17.3 Å². The van der Waals surface area contributed by atoms with Gasteiger partial charge in [-0.3, -0.25) is 9.59 Å². The zero-order valence-electron chi connectivity index (χ0n) is 18.7. The monoisotopic (exact) mass is 474 g/mol. The van der Waals surface area contributed by atoms with Gasteiger partial charge in [-0.25, -0.2) is 14.4 Å². The predicted molar refractivity (Wildman–Crippen MR) is 121 cm³/mol. The molecule has 2 aromatic heterocycles. The van der Waals surface area contributed by atoms with Crippen molar-refractivity contribution in [2.24, 2.45) is 0 Å². The minimum Gasteiger partial charge on any atom is -0.468 e. The van der Waals surface area contributed by atoms with Gasteiger partial charge in [0.2, 0.25) is 0 Å². The van der Waals surface area contributed by atoms with Gasteiger partial charge >= 0.3 is 0 Å². The largest absolute Gasteiger partial charge is 0.468 e. The van der Waals surface area contributed by atoms with E-state index in [2.05, 4.69) is 15.0 Å². The third kappa shape index (κ3) is 4.84. The molecule has 1 aliphatic heterocycles. The maximum Gasteiger partial charge on any atom is 0.258 e. The van der Waals surface area contributed by atoms with Crippen molar-refractivity contribution < 1.29 is 18.7 Å². The van der Waals surface area contributed by atoms with Crippen LogP contribution in [0.3, 0.4) is 0 Å². The zero-order valence-corrected chi connectivity index (χ0v) is 19.4. The fraction of sp³-hybridized carbons (Fsp3) is 0.391. The molecule has 1 aliphatic rings. The summed E-state index contributed by atoms with van der Waals surface area (Å²) in [6.45, 7) is 7.96. The second kappa shape index (κ2) is 9.07. The first kappa shape index (κ1) is 23.1. The van der Waals surface area contributed by atoms with E-state index in [4.69, 9.17) is 21.1 Å². The number of H-pyrrole nitrogens is 1. The molecule has 1 saturated heterocycles. The molecule has 8 nitrogen and oxygen atoms in total. The summed E-state index contributed by atoms with van der Waals surface area (Å²) < 4.78 is 26.1. The smallest absolute Gasteiger partial charge is 0.258 e. The lowest BCUT2D eigenvalue weighted by atomic mass is 10.1. The molecule has 0 spiro atoms. The summed E-state index contributed by atoms with van der Waals surface area (Å²) in [5.74, 6) is -0.880. The molecule has 1 amide bonds. The Morgan fingerprint density at radius 3 is 2.67 bits per heavy atom. The fourth-order valence-electron chi connectivity index (χ4n) is 3.99. The van der Waals surface area contributed by atoms with Gasteiger partial charge in [0.1, 0.15) is 11.9 Å². The SMILES string of the molecule is Cc1nc2cc(Cl)c(C(C)Oc3ncc(C(=O)N4C[C@@H](C)O[C@@H](C)C4)cc3F)cc2c(=O)[nH]1. The van der Waals surface area contributed by atoms with Crippen LogP contribution in [0, 0.1) is 12.7 Å². The maximum atomic E-state index is 14.8. The minimum absolute atomic E-state index is 0.1000. The summed E-state index contributed by atoms with van der Waals surface area (Å²) in [4.78, 5) is 37.6. The standard InChI is InChI=1S/C23H24ClFN4O4/c1-11-9-29(10-12(2)32-11)23(31)15-5-19(25)22(26-8-15)33-13(3)16-6-17-20(7-18(16)24)27-14(4)28-21(17)30/h5-8,11-13H,9-10H2,1-4H3,(H,27,28,30)/t11-,12+,13?. The van der Waals surface area contributed by atoms with E-state index in [1.54, 1.807) is 30.9 Å². The number of nitrogens with zero attached hydrogens (tertiary/aromatic N) is 3. The molecule has 1 fully saturated rings. The second-order valence-electron chi connectivity index (χ2n) is 8.28. The summed E-state index contributed by atoms with van der Waals surface area (Å²) in [5, 5.41) is 0.675. The number of pyridine rings is 1. The molecule has 174 valence electrons. The third-order valence-corrected chi connectivity index (χ3v) is 5.76. The topological polar surface area (TPSA) is 97.4 Å². The first-order valence-corrected chi connectivity index (χ1v) is 11.0. The van der Waals surface area contributed by atoms with Gasteiger partial charge in [-0.15, -0.1) is 0 Å². The number of aryl methyl sites for hydroxylation is 1. The number of carbonyl (C=O) groups excluding carboxylic acids is 1. The molecule has 0 radical (unpaired) electrons. The Hall–Kier alpha value is -3.04. The zero-order chi connectivity index (χ0) is 23.9.